The Labute approximate surface area is 124 Å². The van der Waals surface area contributed by atoms with Gasteiger partial charge in [-0.15, -0.1) is 0 Å². The molecule has 1 saturated carbocycles. The summed E-state index contributed by atoms with van der Waals surface area (Å²) in [5, 5.41) is 6.54. The average molecular weight is 288 g/mol. The van der Waals surface area contributed by atoms with E-state index in [4.69, 9.17) is 16.3 Å². The Morgan fingerprint density at radius 1 is 1.25 bits per heavy atom. The molecule has 0 atom stereocenters. The predicted molar refractivity (Wildman–Crippen MR) is 84.3 cm³/mol. The second kappa shape index (κ2) is 5.86. The SMILES string of the molecule is C=C(Cl)COc1ccc2ccccc2c1CNC1CC1. The Morgan fingerprint density at radius 3 is 2.80 bits per heavy atom. The molecule has 2 aromatic carbocycles. The van der Waals surface area contributed by atoms with Crippen LogP contribution in [0.25, 0.3) is 10.8 Å². The van der Waals surface area contributed by atoms with Gasteiger partial charge in [0.05, 0.1) is 0 Å². The van der Waals surface area contributed by atoms with E-state index in [-0.39, 0.29) is 0 Å². The lowest BCUT2D eigenvalue weighted by Crippen LogP contribution is -2.16. The van der Waals surface area contributed by atoms with Crippen LogP contribution in [0.3, 0.4) is 0 Å². The molecule has 0 spiro atoms. The summed E-state index contributed by atoms with van der Waals surface area (Å²) < 4.78 is 5.79. The largest absolute Gasteiger partial charge is 0.488 e. The highest BCUT2D eigenvalue weighted by Gasteiger charge is 2.21. The van der Waals surface area contributed by atoms with E-state index in [0.29, 0.717) is 17.7 Å². The van der Waals surface area contributed by atoms with E-state index in [2.05, 4.69) is 42.2 Å². The molecule has 2 nitrogen and oxygen atoms in total. The smallest absolute Gasteiger partial charge is 0.124 e. The van der Waals surface area contributed by atoms with Gasteiger partial charge in [-0.05, 0) is 29.7 Å². The molecule has 104 valence electrons. The zero-order chi connectivity index (χ0) is 13.9. The average Bonchev–Trinajstić information content (AvgIpc) is 3.27. The Morgan fingerprint density at radius 2 is 2.05 bits per heavy atom. The lowest BCUT2D eigenvalue weighted by Gasteiger charge is -2.14. The van der Waals surface area contributed by atoms with Gasteiger partial charge in [0.15, 0.2) is 0 Å². The maximum absolute atomic E-state index is 5.80. The fourth-order valence-corrected chi connectivity index (χ4v) is 2.38. The van der Waals surface area contributed by atoms with Crippen molar-refractivity contribution in [3.05, 3.63) is 53.6 Å². The fraction of sp³-hybridized carbons (Fsp3) is 0.294. The fourth-order valence-electron chi connectivity index (χ4n) is 2.32. The number of rotatable bonds is 6. The Kier molecular flexibility index (Phi) is 3.95. The number of hydrogen-bond acceptors (Lipinski definition) is 2. The zero-order valence-electron chi connectivity index (χ0n) is 11.4. The summed E-state index contributed by atoms with van der Waals surface area (Å²) >= 11 is 5.80. The molecule has 0 aliphatic heterocycles. The number of fused-ring (bicyclic) bond motifs is 1. The van der Waals surface area contributed by atoms with Crippen molar-refractivity contribution in [2.24, 2.45) is 0 Å². The van der Waals surface area contributed by atoms with Crippen LogP contribution in [0.5, 0.6) is 5.75 Å². The number of ether oxygens (including phenoxy) is 1. The molecular formula is C17H18ClNO. The quantitative estimate of drug-likeness (QED) is 0.859. The molecule has 1 aliphatic rings. The van der Waals surface area contributed by atoms with Crippen LogP contribution < -0.4 is 10.1 Å². The topological polar surface area (TPSA) is 21.3 Å². The minimum absolute atomic E-state index is 0.344. The number of halogens is 1. The van der Waals surface area contributed by atoms with E-state index in [1.807, 2.05) is 6.07 Å². The maximum Gasteiger partial charge on any atom is 0.124 e. The standard InChI is InChI=1S/C17H18ClNO/c1-12(18)11-20-17-9-6-13-4-2-3-5-15(13)16(17)10-19-14-7-8-14/h2-6,9,14,19H,1,7-8,10-11H2. The molecule has 1 N–H and O–H groups in total. The van der Waals surface area contributed by atoms with E-state index in [1.165, 1.54) is 29.2 Å². The minimum Gasteiger partial charge on any atom is -0.488 e. The van der Waals surface area contributed by atoms with Gasteiger partial charge in [0.1, 0.15) is 12.4 Å². The molecule has 1 aliphatic carbocycles. The minimum atomic E-state index is 0.344. The molecule has 0 bridgehead atoms. The first kappa shape index (κ1) is 13.5. The first-order valence-electron chi connectivity index (χ1n) is 6.94. The molecule has 3 rings (SSSR count). The lowest BCUT2D eigenvalue weighted by molar-refractivity contribution is 0.355. The first-order chi connectivity index (χ1) is 9.74. The molecular weight excluding hydrogens is 270 g/mol. The molecule has 1 fully saturated rings. The van der Waals surface area contributed by atoms with E-state index in [9.17, 15) is 0 Å². The van der Waals surface area contributed by atoms with Gasteiger partial charge >= 0.3 is 0 Å². The number of hydrogen-bond donors (Lipinski definition) is 1. The van der Waals surface area contributed by atoms with Gasteiger partial charge in [-0.2, -0.15) is 0 Å². The molecule has 3 heteroatoms. The van der Waals surface area contributed by atoms with Gasteiger partial charge in [0.2, 0.25) is 0 Å². The molecule has 0 radical (unpaired) electrons. The number of nitrogens with one attached hydrogen (secondary N) is 1. The summed E-state index contributed by atoms with van der Waals surface area (Å²) in [5.74, 6) is 0.888. The van der Waals surface area contributed by atoms with E-state index < -0.39 is 0 Å². The van der Waals surface area contributed by atoms with Crippen LogP contribution in [-0.4, -0.2) is 12.6 Å². The van der Waals surface area contributed by atoms with Crippen molar-refractivity contribution < 1.29 is 4.74 Å². The van der Waals surface area contributed by atoms with Crippen LogP contribution in [0.4, 0.5) is 0 Å². The highest BCUT2D eigenvalue weighted by Crippen LogP contribution is 2.30. The van der Waals surface area contributed by atoms with Crippen LogP contribution in [0.2, 0.25) is 0 Å². The monoisotopic (exact) mass is 287 g/mol. The maximum atomic E-state index is 5.80. The van der Waals surface area contributed by atoms with Crippen molar-refractivity contribution >= 4 is 22.4 Å². The van der Waals surface area contributed by atoms with Crippen LogP contribution >= 0.6 is 11.6 Å². The van der Waals surface area contributed by atoms with Crippen LogP contribution in [0.15, 0.2) is 48.0 Å². The van der Waals surface area contributed by atoms with Gasteiger partial charge in [-0.1, -0.05) is 48.5 Å². The van der Waals surface area contributed by atoms with E-state index >= 15 is 0 Å². The van der Waals surface area contributed by atoms with Crippen molar-refractivity contribution in [3.63, 3.8) is 0 Å². The summed E-state index contributed by atoms with van der Waals surface area (Å²) in [4.78, 5) is 0. The summed E-state index contributed by atoms with van der Waals surface area (Å²) in [6.45, 7) is 4.84. The van der Waals surface area contributed by atoms with Gasteiger partial charge in [0, 0.05) is 23.2 Å². The summed E-state index contributed by atoms with van der Waals surface area (Å²) in [6, 6.07) is 13.2. The predicted octanol–water partition coefficient (Wildman–Crippen LogP) is 4.22. The first-order valence-corrected chi connectivity index (χ1v) is 7.32. The van der Waals surface area contributed by atoms with Crippen LogP contribution in [0, 0.1) is 0 Å². The van der Waals surface area contributed by atoms with Gasteiger partial charge < -0.3 is 10.1 Å². The van der Waals surface area contributed by atoms with E-state index in [0.717, 1.165) is 12.3 Å². The highest BCUT2D eigenvalue weighted by molar-refractivity contribution is 6.29. The van der Waals surface area contributed by atoms with Crippen LogP contribution in [0.1, 0.15) is 18.4 Å². The Hall–Kier alpha value is -1.51. The van der Waals surface area contributed by atoms with E-state index in [1.54, 1.807) is 0 Å². The third-order valence-corrected chi connectivity index (χ3v) is 3.64. The van der Waals surface area contributed by atoms with Gasteiger partial charge in [-0.25, -0.2) is 0 Å². The lowest BCUT2D eigenvalue weighted by atomic mass is 10.0. The third kappa shape index (κ3) is 3.14. The van der Waals surface area contributed by atoms with Crippen molar-refractivity contribution in [2.45, 2.75) is 25.4 Å². The third-order valence-electron chi connectivity index (χ3n) is 3.53. The van der Waals surface area contributed by atoms with Gasteiger partial charge in [0.25, 0.3) is 0 Å². The molecule has 0 heterocycles. The highest BCUT2D eigenvalue weighted by atomic mass is 35.5. The summed E-state index contributed by atoms with van der Waals surface area (Å²) in [6.07, 6.45) is 2.55. The molecule has 0 unspecified atom stereocenters. The van der Waals surface area contributed by atoms with Crippen molar-refractivity contribution in [1.82, 2.24) is 5.32 Å². The second-order valence-corrected chi connectivity index (χ2v) is 5.76. The molecule has 0 saturated heterocycles. The Balaban J connectivity index is 1.93. The normalized spacial score (nSPS) is 14.4. The molecule has 0 aromatic heterocycles. The zero-order valence-corrected chi connectivity index (χ0v) is 12.1. The van der Waals surface area contributed by atoms with Crippen molar-refractivity contribution in [1.29, 1.82) is 0 Å². The molecule has 20 heavy (non-hydrogen) atoms. The summed E-state index contributed by atoms with van der Waals surface area (Å²) in [7, 11) is 0. The molecule has 2 aromatic rings. The van der Waals surface area contributed by atoms with Crippen molar-refractivity contribution in [2.75, 3.05) is 6.61 Å². The summed E-state index contributed by atoms with van der Waals surface area (Å²) in [5.41, 5.74) is 1.20. The molecule has 0 amide bonds. The van der Waals surface area contributed by atoms with Crippen molar-refractivity contribution in [3.8, 4) is 5.75 Å². The Bertz CT molecular complexity index is 634. The number of benzene rings is 2. The second-order valence-electron chi connectivity index (χ2n) is 5.22. The van der Waals surface area contributed by atoms with Gasteiger partial charge in [-0.3, -0.25) is 0 Å². The van der Waals surface area contributed by atoms with Crippen LogP contribution in [-0.2, 0) is 6.54 Å².